The summed E-state index contributed by atoms with van der Waals surface area (Å²) in [5.41, 5.74) is 14.8. The van der Waals surface area contributed by atoms with Gasteiger partial charge in [0, 0.05) is 33.0 Å². The summed E-state index contributed by atoms with van der Waals surface area (Å²) in [5, 5.41) is 3.84. The molecule has 12 aromatic rings. The zero-order valence-corrected chi connectivity index (χ0v) is 33.2. The zero-order chi connectivity index (χ0) is 41.0. The molecular weight excluding hydrogens is 761 g/mol. The van der Waals surface area contributed by atoms with Gasteiger partial charge in [0.05, 0.1) is 22.2 Å². The quantitative estimate of drug-likeness (QED) is 0.160. The van der Waals surface area contributed by atoms with Gasteiger partial charge < -0.3 is 8.83 Å². The standard InChI is InChI=1S/C56H34N4O2/c1-3-15-35(16-4-1)51-49-45-27-7-9-29-47(45)61-55(49)59-53(57-51)43-25-13-23-41(33-43)39-21-11-19-37(31-39)38-20-12-22-40(32-38)42-24-14-26-44(34-42)54-58-52(36-17-5-2-6-18-36)50-46-28-8-10-30-48(46)62-56(50)60-54/h1-34H. The lowest BCUT2D eigenvalue weighted by Gasteiger charge is -2.11. The number of fused-ring (bicyclic) bond motifs is 6. The second kappa shape index (κ2) is 14.7. The van der Waals surface area contributed by atoms with E-state index in [1.165, 1.54) is 0 Å². The van der Waals surface area contributed by atoms with Crippen LogP contribution in [0.15, 0.2) is 215 Å². The Morgan fingerprint density at radius 3 is 0.952 bits per heavy atom. The van der Waals surface area contributed by atoms with Gasteiger partial charge in [0.25, 0.3) is 0 Å². The van der Waals surface area contributed by atoms with Crippen LogP contribution in [-0.4, -0.2) is 19.9 Å². The predicted octanol–water partition coefficient (Wildman–Crippen LogP) is 14.7. The first kappa shape index (κ1) is 35.5. The van der Waals surface area contributed by atoms with Crippen LogP contribution in [0.2, 0.25) is 0 Å². The van der Waals surface area contributed by atoms with E-state index in [2.05, 4.69) is 133 Å². The first-order valence-electron chi connectivity index (χ1n) is 20.6. The van der Waals surface area contributed by atoms with Gasteiger partial charge in [0.1, 0.15) is 11.2 Å². The summed E-state index contributed by atoms with van der Waals surface area (Å²) in [6.45, 7) is 0. The molecule has 62 heavy (non-hydrogen) atoms. The highest BCUT2D eigenvalue weighted by Crippen LogP contribution is 2.39. The third-order valence-corrected chi connectivity index (χ3v) is 11.5. The summed E-state index contributed by atoms with van der Waals surface area (Å²) in [7, 11) is 0. The van der Waals surface area contributed by atoms with Gasteiger partial charge in [-0.1, -0.05) is 170 Å². The normalized spacial score (nSPS) is 11.5. The fourth-order valence-electron chi connectivity index (χ4n) is 8.55. The Hall–Kier alpha value is -8.48. The Labute approximate surface area is 356 Å². The number of para-hydroxylation sites is 2. The van der Waals surface area contributed by atoms with E-state index < -0.39 is 0 Å². The average Bonchev–Trinajstić information content (AvgIpc) is 3.93. The monoisotopic (exact) mass is 794 g/mol. The summed E-state index contributed by atoms with van der Waals surface area (Å²) < 4.78 is 12.6. The Kier molecular flexibility index (Phi) is 8.38. The van der Waals surface area contributed by atoms with Crippen molar-refractivity contribution in [3.63, 3.8) is 0 Å². The minimum Gasteiger partial charge on any atom is -0.438 e. The molecule has 4 heterocycles. The van der Waals surface area contributed by atoms with Crippen molar-refractivity contribution in [3.05, 3.63) is 206 Å². The molecule has 0 unspecified atom stereocenters. The molecule has 0 spiro atoms. The second-order valence-corrected chi connectivity index (χ2v) is 15.4. The molecule has 8 aromatic carbocycles. The van der Waals surface area contributed by atoms with Crippen LogP contribution >= 0.6 is 0 Å². The fourth-order valence-corrected chi connectivity index (χ4v) is 8.55. The van der Waals surface area contributed by atoms with Gasteiger partial charge in [-0.2, -0.15) is 9.97 Å². The minimum absolute atomic E-state index is 0.574. The van der Waals surface area contributed by atoms with Crippen LogP contribution in [0.5, 0.6) is 0 Å². The molecular formula is C56H34N4O2. The number of hydrogen-bond acceptors (Lipinski definition) is 6. The van der Waals surface area contributed by atoms with Crippen molar-refractivity contribution in [3.8, 4) is 78.7 Å². The van der Waals surface area contributed by atoms with E-state index in [-0.39, 0.29) is 0 Å². The highest BCUT2D eigenvalue weighted by atomic mass is 16.3. The lowest BCUT2D eigenvalue weighted by molar-refractivity contribution is 0.653. The van der Waals surface area contributed by atoms with E-state index in [1.54, 1.807) is 0 Å². The first-order chi connectivity index (χ1) is 30.7. The van der Waals surface area contributed by atoms with Gasteiger partial charge in [0.15, 0.2) is 11.6 Å². The number of hydrogen-bond donors (Lipinski definition) is 0. The molecule has 0 radical (unpaired) electrons. The molecule has 0 saturated carbocycles. The van der Waals surface area contributed by atoms with Crippen molar-refractivity contribution in [2.45, 2.75) is 0 Å². The SMILES string of the molecule is c1ccc(-c2nc(-c3cccc(-c4cccc(-c5cccc(-c6cccc(-c7nc(-c8ccccc8)c8c(n7)oc7ccccc78)c6)c5)c4)c3)nc3oc4ccccc4c23)cc1. The molecule has 290 valence electrons. The van der Waals surface area contributed by atoms with Crippen LogP contribution in [0.1, 0.15) is 0 Å². The smallest absolute Gasteiger partial charge is 0.231 e. The Morgan fingerprint density at radius 1 is 0.258 bits per heavy atom. The molecule has 0 bridgehead atoms. The first-order valence-corrected chi connectivity index (χ1v) is 20.6. The van der Waals surface area contributed by atoms with E-state index in [4.69, 9.17) is 28.8 Å². The molecule has 0 saturated heterocycles. The lowest BCUT2D eigenvalue weighted by atomic mass is 9.95. The Morgan fingerprint density at radius 2 is 0.565 bits per heavy atom. The zero-order valence-electron chi connectivity index (χ0n) is 33.2. The molecule has 6 heteroatoms. The second-order valence-electron chi connectivity index (χ2n) is 15.4. The molecule has 0 aliphatic carbocycles. The Balaban J connectivity index is 0.890. The van der Waals surface area contributed by atoms with Gasteiger partial charge in [-0.05, 0) is 69.8 Å². The minimum atomic E-state index is 0.574. The summed E-state index contributed by atoms with van der Waals surface area (Å²) in [5.74, 6) is 1.23. The number of rotatable bonds is 7. The lowest BCUT2D eigenvalue weighted by Crippen LogP contribution is -1.94. The van der Waals surface area contributed by atoms with Gasteiger partial charge in [-0.3, -0.25) is 0 Å². The third kappa shape index (κ3) is 6.21. The number of benzene rings is 8. The van der Waals surface area contributed by atoms with Crippen molar-refractivity contribution in [1.29, 1.82) is 0 Å². The summed E-state index contributed by atoms with van der Waals surface area (Å²) in [4.78, 5) is 20.3. The molecule has 6 nitrogen and oxygen atoms in total. The molecule has 4 aromatic heterocycles. The third-order valence-electron chi connectivity index (χ3n) is 11.5. The largest absolute Gasteiger partial charge is 0.438 e. The maximum Gasteiger partial charge on any atom is 0.231 e. The molecule has 0 atom stereocenters. The van der Waals surface area contributed by atoms with Gasteiger partial charge in [-0.25, -0.2) is 9.97 Å². The molecule has 0 aliphatic heterocycles. The predicted molar refractivity (Wildman–Crippen MR) is 250 cm³/mol. The summed E-state index contributed by atoms with van der Waals surface area (Å²) in [6, 6.07) is 70.8. The van der Waals surface area contributed by atoms with Crippen molar-refractivity contribution in [1.82, 2.24) is 19.9 Å². The summed E-state index contributed by atoms with van der Waals surface area (Å²) in [6.07, 6.45) is 0. The highest BCUT2D eigenvalue weighted by Gasteiger charge is 2.20. The number of aromatic nitrogens is 4. The van der Waals surface area contributed by atoms with Gasteiger partial charge >= 0.3 is 0 Å². The number of furan rings is 2. The Bertz CT molecular complexity index is 3410. The van der Waals surface area contributed by atoms with Crippen molar-refractivity contribution in [2.24, 2.45) is 0 Å². The van der Waals surface area contributed by atoms with E-state index in [1.807, 2.05) is 72.8 Å². The van der Waals surface area contributed by atoms with Gasteiger partial charge in [-0.15, -0.1) is 0 Å². The molecule has 0 N–H and O–H groups in total. The van der Waals surface area contributed by atoms with Gasteiger partial charge in [0.2, 0.25) is 11.4 Å². The van der Waals surface area contributed by atoms with Crippen molar-refractivity contribution >= 4 is 44.1 Å². The van der Waals surface area contributed by atoms with E-state index in [0.29, 0.717) is 23.1 Å². The maximum absolute atomic E-state index is 6.31. The molecule has 12 rings (SSSR count). The van der Waals surface area contributed by atoms with Crippen LogP contribution < -0.4 is 0 Å². The van der Waals surface area contributed by atoms with Crippen LogP contribution in [0.25, 0.3) is 123 Å². The molecule has 0 fully saturated rings. The van der Waals surface area contributed by atoms with Crippen molar-refractivity contribution in [2.75, 3.05) is 0 Å². The highest BCUT2D eigenvalue weighted by molar-refractivity contribution is 6.11. The van der Waals surface area contributed by atoms with Crippen LogP contribution in [-0.2, 0) is 0 Å². The maximum atomic E-state index is 6.31. The van der Waals surface area contributed by atoms with Crippen molar-refractivity contribution < 1.29 is 8.83 Å². The van der Waals surface area contributed by atoms with E-state index >= 15 is 0 Å². The van der Waals surface area contributed by atoms with E-state index in [0.717, 1.165) is 99.7 Å². The average molecular weight is 795 g/mol. The van der Waals surface area contributed by atoms with Crippen LogP contribution in [0.3, 0.4) is 0 Å². The van der Waals surface area contributed by atoms with Crippen LogP contribution in [0.4, 0.5) is 0 Å². The topological polar surface area (TPSA) is 77.8 Å². The van der Waals surface area contributed by atoms with E-state index in [9.17, 15) is 0 Å². The van der Waals surface area contributed by atoms with Crippen LogP contribution in [0, 0.1) is 0 Å². The number of nitrogens with zero attached hydrogens (tertiary/aromatic N) is 4. The fraction of sp³-hybridized carbons (Fsp3) is 0. The summed E-state index contributed by atoms with van der Waals surface area (Å²) >= 11 is 0. The molecule has 0 aliphatic rings. The molecule has 0 amide bonds.